The molecule has 7 heteroatoms. The highest BCUT2D eigenvalue weighted by Crippen LogP contribution is 2.25. The molecule has 1 atom stereocenters. The van der Waals surface area contributed by atoms with Crippen LogP contribution in [0.5, 0.6) is 5.75 Å². The molecule has 6 nitrogen and oxygen atoms in total. The average Bonchev–Trinajstić information content (AvgIpc) is 2.53. The number of aromatic carboxylic acids is 2. The van der Waals surface area contributed by atoms with Gasteiger partial charge in [-0.15, -0.1) is 0 Å². The summed E-state index contributed by atoms with van der Waals surface area (Å²) in [6, 6.07) is 9.44. The first-order chi connectivity index (χ1) is 10.5. The van der Waals surface area contributed by atoms with E-state index in [1.165, 1.54) is 49.6 Å². The summed E-state index contributed by atoms with van der Waals surface area (Å²) in [6.07, 6.45) is 0. The van der Waals surface area contributed by atoms with E-state index in [-0.39, 0.29) is 26.7 Å². The van der Waals surface area contributed by atoms with Crippen molar-refractivity contribution in [2.24, 2.45) is 0 Å². The molecule has 0 bridgehead atoms. The van der Waals surface area contributed by atoms with Gasteiger partial charge in [0.1, 0.15) is 5.75 Å². The van der Waals surface area contributed by atoms with Crippen molar-refractivity contribution in [1.29, 1.82) is 0 Å². The molecule has 0 aliphatic rings. The summed E-state index contributed by atoms with van der Waals surface area (Å²) in [4.78, 5) is 22.2. The molecule has 0 fully saturated rings. The van der Waals surface area contributed by atoms with E-state index < -0.39 is 22.7 Å². The van der Waals surface area contributed by atoms with Gasteiger partial charge in [-0.2, -0.15) is 0 Å². The fraction of sp³-hybridized carbons (Fsp3) is 0.0667. The first-order valence-electron chi connectivity index (χ1n) is 6.07. The van der Waals surface area contributed by atoms with Crippen LogP contribution in [-0.2, 0) is 10.8 Å². The Morgan fingerprint density at radius 1 is 0.955 bits per heavy atom. The highest BCUT2D eigenvalue weighted by atomic mass is 32.2. The lowest BCUT2D eigenvalue weighted by atomic mass is 10.2. The van der Waals surface area contributed by atoms with E-state index in [2.05, 4.69) is 0 Å². The van der Waals surface area contributed by atoms with Gasteiger partial charge in [-0.05, 0) is 24.3 Å². The largest absolute Gasteiger partial charge is 0.545 e. The number of rotatable bonds is 5. The smallest absolute Gasteiger partial charge is 0.119 e. The Morgan fingerprint density at radius 3 is 2.14 bits per heavy atom. The Labute approximate surface area is 128 Å². The highest BCUT2D eigenvalue weighted by molar-refractivity contribution is 7.85. The summed E-state index contributed by atoms with van der Waals surface area (Å²) in [5.41, 5.74) is -0.591. The van der Waals surface area contributed by atoms with E-state index in [4.69, 9.17) is 4.74 Å². The number of carbonyl (C=O) groups is 2. The average molecular weight is 318 g/mol. The molecular weight excluding hydrogens is 308 g/mol. The van der Waals surface area contributed by atoms with Crippen LogP contribution in [0.1, 0.15) is 20.7 Å². The summed E-state index contributed by atoms with van der Waals surface area (Å²) >= 11 is 0. The monoisotopic (exact) mass is 318 g/mol. The maximum absolute atomic E-state index is 12.6. The third kappa shape index (κ3) is 2.99. The molecule has 0 radical (unpaired) electrons. The summed E-state index contributed by atoms with van der Waals surface area (Å²) < 4.78 is 17.5. The van der Waals surface area contributed by atoms with E-state index in [1.54, 1.807) is 0 Å². The third-order valence-corrected chi connectivity index (χ3v) is 4.42. The summed E-state index contributed by atoms with van der Waals surface area (Å²) in [5, 5.41) is 22.3. The van der Waals surface area contributed by atoms with Gasteiger partial charge in [0.05, 0.1) is 39.6 Å². The van der Waals surface area contributed by atoms with E-state index >= 15 is 0 Å². The SMILES string of the molecule is COc1ccc([S@@](=O)c2ccccc2C(=O)[O-])c(C(=O)[O-])c1. The topological polar surface area (TPSA) is 107 Å². The fourth-order valence-electron chi connectivity index (χ4n) is 1.87. The van der Waals surface area contributed by atoms with Crippen LogP contribution in [0.25, 0.3) is 0 Å². The molecule has 0 aliphatic carbocycles. The molecule has 114 valence electrons. The van der Waals surface area contributed by atoms with Gasteiger partial charge >= 0.3 is 0 Å². The molecule has 0 aliphatic heterocycles. The number of hydrogen-bond acceptors (Lipinski definition) is 6. The molecular formula is C15H10O6S-2. The molecule has 0 saturated carbocycles. The van der Waals surface area contributed by atoms with Gasteiger partial charge in [0.2, 0.25) is 0 Å². The van der Waals surface area contributed by atoms with Crippen molar-refractivity contribution in [1.82, 2.24) is 0 Å². The quantitative estimate of drug-likeness (QED) is 0.742. The molecule has 2 rings (SSSR count). The zero-order valence-electron chi connectivity index (χ0n) is 11.4. The minimum absolute atomic E-state index is 0.0461. The lowest BCUT2D eigenvalue weighted by Crippen LogP contribution is -2.25. The van der Waals surface area contributed by atoms with E-state index in [9.17, 15) is 24.0 Å². The zero-order chi connectivity index (χ0) is 16.3. The number of carbonyl (C=O) groups excluding carboxylic acids is 2. The van der Waals surface area contributed by atoms with E-state index in [0.717, 1.165) is 0 Å². The Bertz CT molecular complexity index is 768. The lowest BCUT2D eigenvalue weighted by molar-refractivity contribution is -0.256. The molecule has 0 aromatic heterocycles. The van der Waals surface area contributed by atoms with Gasteiger partial charge in [-0.1, -0.05) is 18.2 Å². The second kappa shape index (κ2) is 6.40. The van der Waals surface area contributed by atoms with Gasteiger partial charge in [0, 0.05) is 11.1 Å². The first kappa shape index (κ1) is 15.7. The Balaban J connectivity index is 2.60. The van der Waals surface area contributed by atoms with E-state index in [0.29, 0.717) is 0 Å². The van der Waals surface area contributed by atoms with Gasteiger partial charge in [0.15, 0.2) is 0 Å². The number of hydrogen-bond donors (Lipinski definition) is 0. The van der Waals surface area contributed by atoms with Gasteiger partial charge in [0.25, 0.3) is 0 Å². The molecule has 2 aromatic rings. The summed E-state index contributed by atoms with van der Waals surface area (Å²) in [7, 11) is -0.661. The maximum atomic E-state index is 12.6. The Morgan fingerprint density at radius 2 is 1.55 bits per heavy atom. The predicted molar refractivity (Wildman–Crippen MR) is 72.8 cm³/mol. The molecule has 0 spiro atoms. The zero-order valence-corrected chi connectivity index (χ0v) is 12.2. The molecule has 0 amide bonds. The number of methoxy groups -OCH3 is 1. The standard InChI is InChI=1S/C15H12O6S/c1-21-9-6-7-13(11(8-9)15(18)19)22(20)12-5-3-2-4-10(12)14(16)17/h2-8H,1H3,(H,16,17)(H,18,19)/p-2/t22-/m0/s1. The van der Waals surface area contributed by atoms with Crippen molar-refractivity contribution < 1.29 is 28.7 Å². The van der Waals surface area contributed by atoms with Crippen LogP contribution in [0.2, 0.25) is 0 Å². The van der Waals surface area contributed by atoms with Crippen LogP contribution < -0.4 is 14.9 Å². The molecule has 0 heterocycles. The summed E-state index contributed by atoms with van der Waals surface area (Å²) in [5.74, 6) is -2.77. The number of carboxylic acids is 2. The second-order valence-corrected chi connectivity index (χ2v) is 5.62. The fourth-order valence-corrected chi connectivity index (χ4v) is 3.20. The predicted octanol–water partition coefficient (Wildman–Crippen LogP) is -0.411. The molecule has 0 saturated heterocycles. The van der Waals surface area contributed by atoms with Crippen LogP contribution in [0, 0.1) is 0 Å². The lowest BCUT2D eigenvalue weighted by Gasteiger charge is -2.14. The summed E-state index contributed by atoms with van der Waals surface area (Å²) in [6.45, 7) is 0. The molecule has 2 aromatic carbocycles. The Hall–Kier alpha value is -2.67. The van der Waals surface area contributed by atoms with Crippen LogP contribution in [0.15, 0.2) is 52.3 Å². The van der Waals surface area contributed by atoms with Crippen molar-refractivity contribution in [3.63, 3.8) is 0 Å². The van der Waals surface area contributed by atoms with Crippen LogP contribution in [0.4, 0.5) is 0 Å². The van der Waals surface area contributed by atoms with Crippen molar-refractivity contribution >= 4 is 22.7 Å². The third-order valence-electron chi connectivity index (χ3n) is 2.91. The maximum Gasteiger partial charge on any atom is 0.119 e. The normalized spacial score (nSPS) is 11.7. The van der Waals surface area contributed by atoms with Gasteiger partial charge < -0.3 is 24.5 Å². The van der Waals surface area contributed by atoms with Crippen molar-refractivity contribution in [3.8, 4) is 5.75 Å². The minimum atomic E-state index is -2.02. The molecule has 0 unspecified atom stereocenters. The first-order valence-corrected chi connectivity index (χ1v) is 7.22. The van der Waals surface area contributed by atoms with Crippen molar-refractivity contribution in [2.45, 2.75) is 9.79 Å². The van der Waals surface area contributed by atoms with Crippen molar-refractivity contribution in [3.05, 3.63) is 53.6 Å². The number of benzene rings is 2. The minimum Gasteiger partial charge on any atom is -0.545 e. The Kier molecular flexibility index (Phi) is 4.57. The van der Waals surface area contributed by atoms with Crippen LogP contribution in [0.3, 0.4) is 0 Å². The van der Waals surface area contributed by atoms with Crippen molar-refractivity contribution in [2.75, 3.05) is 7.11 Å². The number of carboxylic acid groups (broad SMARTS) is 2. The van der Waals surface area contributed by atoms with Gasteiger partial charge in [-0.3, -0.25) is 0 Å². The van der Waals surface area contributed by atoms with Gasteiger partial charge in [-0.25, -0.2) is 4.21 Å². The second-order valence-electron chi connectivity index (χ2n) is 4.20. The van der Waals surface area contributed by atoms with Crippen LogP contribution >= 0.6 is 0 Å². The highest BCUT2D eigenvalue weighted by Gasteiger charge is 2.17. The number of ether oxygens (including phenoxy) is 1. The molecule has 0 N–H and O–H groups in total. The van der Waals surface area contributed by atoms with E-state index in [1.807, 2.05) is 0 Å². The molecule has 22 heavy (non-hydrogen) atoms. The van der Waals surface area contributed by atoms with Crippen LogP contribution in [-0.4, -0.2) is 23.3 Å².